The quantitative estimate of drug-likeness (QED) is 0.611. The molecule has 0 fully saturated rings. The van der Waals surface area contributed by atoms with Gasteiger partial charge in [0, 0.05) is 21.9 Å². The van der Waals surface area contributed by atoms with Crippen LogP contribution < -0.4 is 0 Å². The van der Waals surface area contributed by atoms with Crippen molar-refractivity contribution in [2.75, 3.05) is 7.11 Å². The molecule has 5 heteroatoms. The molecule has 108 valence electrons. The molecular formula is C16H13ClO3S. The van der Waals surface area contributed by atoms with Gasteiger partial charge in [0.2, 0.25) is 0 Å². The molecule has 0 aliphatic rings. The van der Waals surface area contributed by atoms with Gasteiger partial charge in [0.1, 0.15) is 0 Å². The van der Waals surface area contributed by atoms with Crippen LogP contribution in [0.3, 0.4) is 0 Å². The summed E-state index contributed by atoms with van der Waals surface area (Å²) in [6.45, 7) is 0. The highest BCUT2D eigenvalue weighted by Crippen LogP contribution is 2.20. The number of esters is 1. The van der Waals surface area contributed by atoms with Crippen molar-refractivity contribution in [1.29, 1.82) is 0 Å². The van der Waals surface area contributed by atoms with Gasteiger partial charge in [-0.15, -0.1) is 11.3 Å². The highest BCUT2D eigenvalue weighted by Gasteiger charge is 2.10. The van der Waals surface area contributed by atoms with Crippen molar-refractivity contribution >= 4 is 41.3 Å². The minimum absolute atomic E-state index is 0.419. The van der Waals surface area contributed by atoms with E-state index < -0.39 is 5.97 Å². The molecule has 0 radical (unpaired) electrons. The second-order valence-corrected chi connectivity index (χ2v) is 5.68. The predicted octanol–water partition coefficient (Wildman–Crippen LogP) is 4.26. The number of allylic oxidation sites excluding steroid dienone is 1. The van der Waals surface area contributed by atoms with Gasteiger partial charge in [-0.1, -0.05) is 29.8 Å². The number of halogens is 1. The van der Waals surface area contributed by atoms with E-state index >= 15 is 0 Å². The molecule has 0 aliphatic heterocycles. The Balaban J connectivity index is 2.21. The zero-order valence-corrected chi connectivity index (χ0v) is 12.9. The monoisotopic (exact) mass is 320 g/mol. The SMILES string of the molecule is COC(=O)c1cc(Cl)ccc1C=CCc1sccc1C=O. The zero-order chi connectivity index (χ0) is 15.2. The molecular weight excluding hydrogens is 308 g/mol. The molecule has 0 spiro atoms. The normalized spacial score (nSPS) is 10.8. The van der Waals surface area contributed by atoms with Crippen LogP contribution in [0, 0.1) is 0 Å². The number of hydrogen-bond acceptors (Lipinski definition) is 4. The molecule has 0 unspecified atom stereocenters. The first-order valence-corrected chi connectivity index (χ1v) is 7.47. The van der Waals surface area contributed by atoms with E-state index in [2.05, 4.69) is 0 Å². The highest BCUT2D eigenvalue weighted by molar-refractivity contribution is 7.10. The standard InChI is InChI=1S/C16H13ClO3S/c1-20-16(19)14-9-13(17)6-5-11(14)3-2-4-15-12(10-18)7-8-21-15/h2-3,5-10H,4H2,1H3. The molecule has 1 aromatic carbocycles. The van der Waals surface area contributed by atoms with E-state index in [1.807, 2.05) is 17.5 Å². The van der Waals surface area contributed by atoms with Gasteiger partial charge in [-0.3, -0.25) is 4.79 Å². The van der Waals surface area contributed by atoms with E-state index in [0.717, 1.165) is 16.7 Å². The number of ether oxygens (including phenoxy) is 1. The number of hydrogen-bond donors (Lipinski definition) is 0. The maximum atomic E-state index is 11.7. The fourth-order valence-corrected chi connectivity index (χ4v) is 2.87. The first-order valence-electron chi connectivity index (χ1n) is 6.21. The lowest BCUT2D eigenvalue weighted by Gasteiger charge is -2.04. The molecule has 0 saturated heterocycles. The topological polar surface area (TPSA) is 43.4 Å². The summed E-state index contributed by atoms with van der Waals surface area (Å²) in [7, 11) is 1.33. The van der Waals surface area contributed by atoms with Crippen molar-refractivity contribution in [2.45, 2.75) is 6.42 Å². The number of carbonyl (C=O) groups is 2. The molecule has 0 amide bonds. The summed E-state index contributed by atoms with van der Waals surface area (Å²) in [6, 6.07) is 6.86. The van der Waals surface area contributed by atoms with Gasteiger partial charge >= 0.3 is 5.97 Å². The first kappa shape index (κ1) is 15.5. The maximum absolute atomic E-state index is 11.7. The molecule has 2 rings (SSSR count). The maximum Gasteiger partial charge on any atom is 0.338 e. The molecule has 2 aromatic rings. The molecule has 3 nitrogen and oxygen atoms in total. The lowest BCUT2D eigenvalue weighted by Crippen LogP contribution is -2.03. The Morgan fingerprint density at radius 1 is 1.33 bits per heavy atom. The molecule has 0 saturated carbocycles. The minimum atomic E-state index is -0.429. The van der Waals surface area contributed by atoms with Gasteiger partial charge in [0.05, 0.1) is 12.7 Å². The Labute approximate surface area is 131 Å². The molecule has 0 N–H and O–H groups in total. The first-order chi connectivity index (χ1) is 10.2. The number of thiophene rings is 1. The smallest absolute Gasteiger partial charge is 0.338 e. The highest BCUT2D eigenvalue weighted by atomic mass is 35.5. The van der Waals surface area contributed by atoms with Crippen LogP contribution in [0.4, 0.5) is 0 Å². The largest absolute Gasteiger partial charge is 0.465 e. The Kier molecular flexibility index (Phi) is 5.31. The van der Waals surface area contributed by atoms with Gasteiger partial charge in [0.15, 0.2) is 6.29 Å². The van der Waals surface area contributed by atoms with Crippen molar-refractivity contribution in [3.63, 3.8) is 0 Å². The molecule has 21 heavy (non-hydrogen) atoms. The van der Waals surface area contributed by atoms with Crippen LogP contribution in [-0.2, 0) is 11.2 Å². The summed E-state index contributed by atoms with van der Waals surface area (Å²) in [5.74, 6) is -0.429. The van der Waals surface area contributed by atoms with Crippen molar-refractivity contribution in [3.8, 4) is 0 Å². The summed E-state index contributed by atoms with van der Waals surface area (Å²) >= 11 is 7.44. The predicted molar refractivity (Wildman–Crippen MR) is 85.2 cm³/mol. The zero-order valence-electron chi connectivity index (χ0n) is 11.3. The molecule has 1 heterocycles. The number of methoxy groups -OCH3 is 1. The van der Waals surface area contributed by atoms with Crippen LogP contribution in [0.25, 0.3) is 6.08 Å². The van der Waals surface area contributed by atoms with E-state index in [4.69, 9.17) is 16.3 Å². The van der Waals surface area contributed by atoms with Crippen molar-refractivity contribution in [3.05, 3.63) is 62.3 Å². The summed E-state index contributed by atoms with van der Waals surface area (Å²) in [5, 5.41) is 2.36. The fourth-order valence-electron chi connectivity index (χ4n) is 1.87. The van der Waals surface area contributed by atoms with Crippen molar-refractivity contribution in [1.82, 2.24) is 0 Å². The van der Waals surface area contributed by atoms with E-state index in [-0.39, 0.29) is 0 Å². The number of carbonyl (C=O) groups excluding carboxylic acids is 2. The number of benzene rings is 1. The van der Waals surface area contributed by atoms with Gasteiger partial charge in [-0.25, -0.2) is 4.79 Å². The Bertz CT molecular complexity index is 689. The Hall–Kier alpha value is -1.91. The molecule has 0 atom stereocenters. The van der Waals surface area contributed by atoms with E-state index in [1.54, 1.807) is 24.3 Å². The summed E-state index contributed by atoms with van der Waals surface area (Å²) < 4.78 is 4.74. The summed E-state index contributed by atoms with van der Waals surface area (Å²) in [4.78, 5) is 23.6. The molecule has 1 aromatic heterocycles. The van der Waals surface area contributed by atoms with E-state index in [1.165, 1.54) is 18.4 Å². The molecule has 0 aliphatic carbocycles. The van der Waals surface area contributed by atoms with Gasteiger partial charge in [-0.2, -0.15) is 0 Å². The van der Waals surface area contributed by atoms with Crippen LogP contribution in [-0.4, -0.2) is 19.4 Å². The minimum Gasteiger partial charge on any atom is -0.465 e. The van der Waals surface area contributed by atoms with Gasteiger partial charge < -0.3 is 4.74 Å². The molecule has 0 bridgehead atoms. The average Bonchev–Trinajstić information content (AvgIpc) is 2.95. The average molecular weight is 321 g/mol. The fraction of sp³-hybridized carbons (Fsp3) is 0.125. The number of rotatable bonds is 5. The lowest BCUT2D eigenvalue weighted by atomic mass is 10.1. The van der Waals surface area contributed by atoms with Crippen molar-refractivity contribution < 1.29 is 14.3 Å². The van der Waals surface area contributed by atoms with Crippen LogP contribution in [0.2, 0.25) is 5.02 Å². The van der Waals surface area contributed by atoms with Crippen LogP contribution in [0.5, 0.6) is 0 Å². The van der Waals surface area contributed by atoms with Crippen LogP contribution in [0.1, 0.15) is 31.2 Å². The van der Waals surface area contributed by atoms with Crippen molar-refractivity contribution in [2.24, 2.45) is 0 Å². The Morgan fingerprint density at radius 3 is 2.86 bits per heavy atom. The van der Waals surface area contributed by atoms with Gasteiger partial charge in [-0.05, 0) is 29.1 Å². The second-order valence-electron chi connectivity index (χ2n) is 4.25. The summed E-state index contributed by atoms with van der Waals surface area (Å²) in [6.07, 6.45) is 5.22. The van der Waals surface area contributed by atoms with Crippen LogP contribution >= 0.6 is 22.9 Å². The number of aldehydes is 1. The third-order valence-corrected chi connectivity index (χ3v) is 4.12. The van der Waals surface area contributed by atoms with Gasteiger partial charge in [0.25, 0.3) is 0 Å². The third-order valence-electron chi connectivity index (χ3n) is 2.93. The van der Waals surface area contributed by atoms with E-state index in [0.29, 0.717) is 22.6 Å². The van der Waals surface area contributed by atoms with Crippen LogP contribution in [0.15, 0.2) is 35.7 Å². The third kappa shape index (κ3) is 3.80. The second kappa shape index (κ2) is 7.20. The Morgan fingerprint density at radius 2 is 2.14 bits per heavy atom. The summed E-state index contributed by atoms with van der Waals surface area (Å²) in [5.41, 5.74) is 1.85. The lowest BCUT2D eigenvalue weighted by molar-refractivity contribution is 0.0600. The van der Waals surface area contributed by atoms with E-state index in [9.17, 15) is 9.59 Å².